The monoisotopic (exact) mass is 292 g/mol. The highest BCUT2D eigenvalue weighted by Gasteiger charge is 2.22. The Hall–Kier alpha value is -1.82. The third-order valence-electron chi connectivity index (χ3n) is 2.97. The highest BCUT2D eigenvalue weighted by Crippen LogP contribution is 2.15. The molecule has 106 valence electrons. The van der Waals surface area contributed by atoms with Gasteiger partial charge in [-0.2, -0.15) is 5.10 Å². The average molecular weight is 292 g/mol. The Balaban J connectivity index is 1.91. The molecule has 0 aromatic heterocycles. The standard InChI is InChI=1S/C14H16N2O3S/c1-16-13(17)8-7-12(15-16)14(18)19-9-10-3-5-11(20-2)6-4-10/h3-6H,7-9H2,1-2H3. The molecule has 1 aliphatic rings. The molecule has 20 heavy (non-hydrogen) atoms. The van der Waals surface area contributed by atoms with Gasteiger partial charge in [0.05, 0.1) is 0 Å². The average Bonchev–Trinajstić information content (AvgIpc) is 2.48. The maximum Gasteiger partial charge on any atom is 0.354 e. The number of nitrogens with zero attached hydrogens (tertiary/aromatic N) is 2. The van der Waals surface area contributed by atoms with Crippen molar-refractivity contribution in [2.75, 3.05) is 13.3 Å². The van der Waals surface area contributed by atoms with Crippen molar-refractivity contribution in [3.05, 3.63) is 29.8 Å². The van der Waals surface area contributed by atoms with Gasteiger partial charge in [0.15, 0.2) is 0 Å². The van der Waals surface area contributed by atoms with Gasteiger partial charge < -0.3 is 4.74 Å². The van der Waals surface area contributed by atoms with Gasteiger partial charge >= 0.3 is 5.97 Å². The van der Waals surface area contributed by atoms with E-state index >= 15 is 0 Å². The van der Waals surface area contributed by atoms with Crippen LogP contribution in [0.3, 0.4) is 0 Å². The molecule has 1 aromatic carbocycles. The summed E-state index contributed by atoms with van der Waals surface area (Å²) in [7, 11) is 1.54. The minimum absolute atomic E-state index is 0.0887. The molecule has 1 aliphatic heterocycles. The summed E-state index contributed by atoms with van der Waals surface area (Å²) in [6.07, 6.45) is 2.65. The van der Waals surface area contributed by atoms with Crippen molar-refractivity contribution in [2.45, 2.75) is 24.3 Å². The molecule has 0 fully saturated rings. The Bertz CT molecular complexity index is 540. The molecule has 2 rings (SSSR count). The fraction of sp³-hybridized carbons (Fsp3) is 0.357. The summed E-state index contributed by atoms with van der Waals surface area (Å²) >= 11 is 1.66. The van der Waals surface area contributed by atoms with E-state index in [2.05, 4.69) is 5.10 Å². The number of hydrogen-bond acceptors (Lipinski definition) is 5. The zero-order chi connectivity index (χ0) is 14.5. The second kappa shape index (κ2) is 6.56. The fourth-order valence-corrected chi connectivity index (χ4v) is 2.18. The number of thioether (sulfide) groups is 1. The molecule has 1 amide bonds. The summed E-state index contributed by atoms with van der Waals surface area (Å²) in [6.45, 7) is 0.212. The third kappa shape index (κ3) is 3.60. The summed E-state index contributed by atoms with van der Waals surface area (Å²) in [5.74, 6) is -0.549. The molecular formula is C14H16N2O3S. The molecule has 0 saturated carbocycles. The Morgan fingerprint density at radius 3 is 2.65 bits per heavy atom. The Morgan fingerprint density at radius 1 is 1.35 bits per heavy atom. The number of carbonyl (C=O) groups is 2. The maximum absolute atomic E-state index is 11.9. The second-order valence-electron chi connectivity index (χ2n) is 4.39. The van der Waals surface area contributed by atoms with Crippen molar-refractivity contribution in [1.82, 2.24) is 5.01 Å². The van der Waals surface area contributed by atoms with Crippen molar-refractivity contribution >= 4 is 29.4 Å². The predicted molar refractivity (Wildman–Crippen MR) is 77.5 cm³/mol. The minimum Gasteiger partial charge on any atom is -0.456 e. The van der Waals surface area contributed by atoms with Gasteiger partial charge in [-0.15, -0.1) is 11.8 Å². The molecule has 6 heteroatoms. The first-order valence-electron chi connectivity index (χ1n) is 6.24. The second-order valence-corrected chi connectivity index (χ2v) is 5.27. The van der Waals surface area contributed by atoms with E-state index in [1.165, 1.54) is 12.1 Å². The number of carbonyl (C=O) groups excluding carboxylic acids is 2. The lowest BCUT2D eigenvalue weighted by molar-refractivity contribution is -0.137. The van der Waals surface area contributed by atoms with Gasteiger partial charge in [0.1, 0.15) is 12.3 Å². The number of benzene rings is 1. The smallest absolute Gasteiger partial charge is 0.354 e. The van der Waals surface area contributed by atoms with E-state index in [9.17, 15) is 9.59 Å². The van der Waals surface area contributed by atoms with Crippen LogP contribution in [-0.4, -0.2) is 35.9 Å². The number of rotatable bonds is 4. The SMILES string of the molecule is CSc1ccc(COC(=O)C2=NN(C)C(=O)CC2)cc1. The number of amides is 1. The number of hydrogen-bond donors (Lipinski definition) is 0. The zero-order valence-corrected chi connectivity index (χ0v) is 12.3. The Morgan fingerprint density at radius 2 is 2.05 bits per heavy atom. The van der Waals surface area contributed by atoms with Gasteiger partial charge in [-0.25, -0.2) is 9.80 Å². The van der Waals surface area contributed by atoms with Gasteiger partial charge in [0.2, 0.25) is 5.91 Å². The molecule has 0 atom stereocenters. The van der Waals surface area contributed by atoms with Crippen LogP contribution >= 0.6 is 11.8 Å². The van der Waals surface area contributed by atoms with Gasteiger partial charge in [-0.05, 0) is 24.0 Å². The summed E-state index contributed by atoms with van der Waals surface area (Å²) in [6, 6.07) is 7.83. The quantitative estimate of drug-likeness (QED) is 0.629. The fourth-order valence-electron chi connectivity index (χ4n) is 1.77. The molecule has 0 radical (unpaired) electrons. The maximum atomic E-state index is 11.9. The van der Waals surface area contributed by atoms with E-state index < -0.39 is 5.97 Å². The molecule has 0 saturated heterocycles. The zero-order valence-electron chi connectivity index (χ0n) is 11.5. The van der Waals surface area contributed by atoms with E-state index in [4.69, 9.17) is 4.74 Å². The van der Waals surface area contributed by atoms with Crippen LogP contribution in [0.2, 0.25) is 0 Å². The van der Waals surface area contributed by atoms with Crippen LogP contribution in [0.5, 0.6) is 0 Å². The third-order valence-corrected chi connectivity index (χ3v) is 3.72. The molecular weight excluding hydrogens is 276 g/mol. The first kappa shape index (κ1) is 14.6. The van der Waals surface area contributed by atoms with Crippen molar-refractivity contribution < 1.29 is 14.3 Å². The predicted octanol–water partition coefficient (Wildman–Crippen LogP) is 2.06. The van der Waals surface area contributed by atoms with Crippen molar-refractivity contribution in [3.63, 3.8) is 0 Å². The lowest BCUT2D eigenvalue weighted by Crippen LogP contribution is -2.32. The molecule has 1 aromatic rings. The van der Waals surface area contributed by atoms with Crippen molar-refractivity contribution in [3.8, 4) is 0 Å². The highest BCUT2D eigenvalue weighted by molar-refractivity contribution is 7.98. The van der Waals surface area contributed by atoms with E-state index in [1.54, 1.807) is 11.8 Å². The minimum atomic E-state index is -0.460. The molecule has 5 nitrogen and oxygen atoms in total. The molecule has 0 aliphatic carbocycles. The topological polar surface area (TPSA) is 59.0 Å². The summed E-state index contributed by atoms with van der Waals surface area (Å²) in [5, 5.41) is 5.11. The molecule has 1 heterocycles. The van der Waals surface area contributed by atoms with E-state index in [-0.39, 0.29) is 12.5 Å². The largest absolute Gasteiger partial charge is 0.456 e. The van der Waals surface area contributed by atoms with Crippen molar-refractivity contribution in [2.24, 2.45) is 5.10 Å². The van der Waals surface area contributed by atoms with Crippen molar-refractivity contribution in [1.29, 1.82) is 0 Å². The lowest BCUT2D eigenvalue weighted by Gasteiger charge is -2.18. The Labute approximate surface area is 122 Å². The summed E-state index contributed by atoms with van der Waals surface area (Å²) in [5.41, 5.74) is 1.23. The van der Waals surface area contributed by atoms with E-state index in [0.717, 1.165) is 10.5 Å². The summed E-state index contributed by atoms with van der Waals surface area (Å²) < 4.78 is 5.21. The highest BCUT2D eigenvalue weighted by atomic mass is 32.2. The normalized spacial score (nSPS) is 15.0. The number of ether oxygens (including phenoxy) is 1. The van der Waals surface area contributed by atoms with E-state index in [1.807, 2.05) is 30.5 Å². The molecule has 0 bridgehead atoms. The van der Waals surface area contributed by atoms with Crippen LogP contribution in [0.1, 0.15) is 18.4 Å². The van der Waals surface area contributed by atoms with Gasteiger partial charge in [0, 0.05) is 24.8 Å². The van der Waals surface area contributed by atoms with Crippen LogP contribution in [0.4, 0.5) is 0 Å². The molecule has 0 N–H and O–H groups in total. The molecule has 0 unspecified atom stereocenters. The van der Waals surface area contributed by atoms with Gasteiger partial charge in [-0.1, -0.05) is 12.1 Å². The Kier molecular flexibility index (Phi) is 4.79. The lowest BCUT2D eigenvalue weighted by atomic mass is 10.2. The van der Waals surface area contributed by atoms with Gasteiger partial charge in [-0.3, -0.25) is 4.79 Å². The van der Waals surface area contributed by atoms with E-state index in [0.29, 0.717) is 18.6 Å². The van der Waals surface area contributed by atoms with Crippen LogP contribution < -0.4 is 0 Å². The number of hydrazone groups is 1. The first-order chi connectivity index (χ1) is 9.60. The molecule has 0 spiro atoms. The van der Waals surface area contributed by atoms with Gasteiger partial charge in [0.25, 0.3) is 0 Å². The van der Waals surface area contributed by atoms with Crippen LogP contribution in [0, 0.1) is 0 Å². The first-order valence-corrected chi connectivity index (χ1v) is 7.46. The van der Waals surface area contributed by atoms with Crippen LogP contribution in [0.25, 0.3) is 0 Å². The summed E-state index contributed by atoms with van der Waals surface area (Å²) in [4.78, 5) is 24.3. The van der Waals surface area contributed by atoms with Crippen LogP contribution in [0.15, 0.2) is 34.3 Å². The number of esters is 1. The van der Waals surface area contributed by atoms with Crippen LogP contribution in [-0.2, 0) is 20.9 Å².